The summed E-state index contributed by atoms with van der Waals surface area (Å²) in [5.41, 5.74) is 0. The third-order valence-corrected chi connectivity index (χ3v) is 12.4. The summed E-state index contributed by atoms with van der Waals surface area (Å²) in [4.78, 5) is 38.2. The smallest absolute Gasteiger partial charge is 0.306 e. The first kappa shape index (κ1) is 65.6. The third kappa shape index (κ3) is 55.4. The molecule has 0 aromatic rings. The van der Waals surface area contributed by atoms with E-state index in [2.05, 4.69) is 106 Å². The van der Waals surface area contributed by atoms with Gasteiger partial charge in [-0.05, 0) is 103 Å². The summed E-state index contributed by atoms with van der Waals surface area (Å²) in [6.07, 6.45) is 74.2. The summed E-state index contributed by atoms with van der Waals surface area (Å²) in [6, 6.07) is 0. The van der Waals surface area contributed by atoms with E-state index in [1.54, 1.807) is 0 Å². The molecular weight excluding hydrogens is 853 g/mol. The quantitative estimate of drug-likeness (QED) is 0.0262. The Labute approximate surface area is 426 Å². The Hall–Kier alpha value is -3.41. The fourth-order valence-electron chi connectivity index (χ4n) is 7.96. The number of carbonyl (C=O) groups excluding carboxylic acids is 3. The molecule has 0 aliphatic carbocycles. The molecule has 0 aliphatic rings. The lowest BCUT2D eigenvalue weighted by molar-refractivity contribution is -0.167. The van der Waals surface area contributed by atoms with E-state index in [1.165, 1.54) is 128 Å². The van der Waals surface area contributed by atoms with Gasteiger partial charge in [0.2, 0.25) is 0 Å². The Bertz CT molecular complexity index is 1330. The van der Waals surface area contributed by atoms with Crippen molar-refractivity contribution in [1.29, 1.82) is 0 Å². The Morgan fingerprint density at radius 3 is 0.855 bits per heavy atom. The molecule has 0 spiro atoms. The van der Waals surface area contributed by atoms with E-state index in [-0.39, 0.29) is 31.1 Å². The molecule has 0 N–H and O–H groups in total. The number of rotatable bonds is 52. The van der Waals surface area contributed by atoms with Crippen molar-refractivity contribution in [1.82, 2.24) is 0 Å². The van der Waals surface area contributed by atoms with Gasteiger partial charge in [0.05, 0.1) is 0 Å². The summed E-state index contributed by atoms with van der Waals surface area (Å²) in [5, 5.41) is 0. The van der Waals surface area contributed by atoms with Crippen LogP contribution in [0, 0.1) is 0 Å². The number of unbranched alkanes of at least 4 members (excludes halogenated alkanes) is 27. The number of allylic oxidation sites excluding steroid dienone is 14. The zero-order chi connectivity index (χ0) is 50.0. The van der Waals surface area contributed by atoms with Crippen LogP contribution < -0.4 is 0 Å². The summed E-state index contributed by atoms with van der Waals surface area (Å²) in [5.74, 6) is -0.941. The van der Waals surface area contributed by atoms with Crippen molar-refractivity contribution in [3.63, 3.8) is 0 Å². The largest absolute Gasteiger partial charge is 0.462 e. The first-order valence-electron chi connectivity index (χ1n) is 29.1. The Morgan fingerprint density at radius 2 is 0.522 bits per heavy atom. The number of ether oxygens (including phenoxy) is 3. The van der Waals surface area contributed by atoms with E-state index in [9.17, 15) is 14.4 Å². The van der Waals surface area contributed by atoms with E-state index < -0.39 is 6.10 Å². The van der Waals surface area contributed by atoms with Gasteiger partial charge < -0.3 is 14.2 Å². The lowest BCUT2D eigenvalue weighted by atomic mass is 10.0. The summed E-state index contributed by atoms with van der Waals surface area (Å²) in [6.45, 7) is 6.56. The molecule has 0 fully saturated rings. The zero-order valence-corrected chi connectivity index (χ0v) is 45.3. The average Bonchev–Trinajstić information content (AvgIpc) is 3.35. The van der Waals surface area contributed by atoms with Gasteiger partial charge in [0.1, 0.15) is 13.2 Å². The van der Waals surface area contributed by atoms with Gasteiger partial charge in [-0.2, -0.15) is 0 Å². The molecule has 0 bridgehead atoms. The maximum Gasteiger partial charge on any atom is 0.306 e. The van der Waals surface area contributed by atoms with Crippen molar-refractivity contribution in [2.45, 2.75) is 284 Å². The maximum absolute atomic E-state index is 12.9. The molecule has 396 valence electrons. The molecule has 0 aliphatic heterocycles. The first-order valence-corrected chi connectivity index (χ1v) is 29.1. The fourth-order valence-corrected chi connectivity index (χ4v) is 7.96. The molecule has 0 radical (unpaired) electrons. The van der Waals surface area contributed by atoms with E-state index in [0.717, 1.165) is 109 Å². The molecule has 0 amide bonds. The van der Waals surface area contributed by atoms with Gasteiger partial charge in [-0.1, -0.05) is 241 Å². The number of carbonyl (C=O) groups is 3. The maximum atomic E-state index is 12.9. The predicted octanol–water partition coefficient (Wildman–Crippen LogP) is 19.5. The Morgan fingerprint density at radius 1 is 0.290 bits per heavy atom. The average molecular weight is 962 g/mol. The molecule has 0 aromatic carbocycles. The van der Waals surface area contributed by atoms with Gasteiger partial charge in [-0.3, -0.25) is 14.4 Å². The van der Waals surface area contributed by atoms with Gasteiger partial charge in [0.15, 0.2) is 6.10 Å². The van der Waals surface area contributed by atoms with Crippen LogP contribution in [0.3, 0.4) is 0 Å². The van der Waals surface area contributed by atoms with Crippen molar-refractivity contribution in [2.75, 3.05) is 13.2 Å². The normalized spacial score (nSPS) is 12.7. The molecule has 1 atom stereocenters. The highest BCUT2D eigenvalue weighted by Crippen LogP contribution is 2.15. The van der Waals surface area contributed by atoms with E-state index >= 15 is 0 Å². The molecule has 0 unspecified atom stereocenters. The van der Waals surface area contributed by atoms with Gasteiger partial charge >= 0.3 is 17.9 Å². The molecule has 69 heavy (non-hydrogen) atoms. The number of hydrogen-bond donors (Lipinski definition) is 0. The second-order valence-corrected chi connectivity index (χ2v) is 19.2. The van der Waals surface area contributed by atoms with Crippen LogP contribution in [0.25, 0.3) is 0 Å². The minimum atomic E-state index is -0.801. The van der Waals surface area contributed by atoms with Crippen LogP contribution in [0.4, 0.5) is 0 Å². The molecular formula is C63H108O6. The van der Waals surface area contributed by atoms with Crippen LogP contribution in [0.15, 0.2) is 85.1 Å². The van der Waals surface area contributed by atoms with Crippen molar-refractivity contribution in [2.24, 2.45) is 0 Å². The first-order chi connectivity index (χ1) is 34.0. The minimum Gasteiger partial charge on any atom is -0.462 e. The second kappa shape index (κ2) is 57.2. The van der Waals surface area contributed by atoms with Crippen LogP contribution in [0.2, 0.25) is 0 Å². The Kier molecular flexibility index (Phi) is 54.3. The van der Waals surface area contributed by atoms with Crippen molar-refractivity contribution in [3.05, 3.63) is 85.1 Å². The lowest BCUT2D eigenvalue weighted by Crippen LogP contribution is -2.30. The van der Waals surface area contributed by atoms with Crippen LogP contribution in [-0.4, -0.2) is 37.2 Å². The van der Waals surface area contributed by atoms with Crippen LogP contribution >= 0.6 is 0 Å². The third-order valence-electron chi connectivity index (χ3n) is 12.4. The predicted molar refractivity (Wildman–Crippen MR) is 297 cm³/mol. The molecule has 0 rings (SSSR count). The minimum absolute atomic E-state index is 0.0943. The molecule has 0 saturated carbocycles. The highest BCUT2D eigenvalue weighted by Gasteiger charge is 2.19. The molecule has 0 heterocycles. The highest BCUT2D eigenvalue weighted by molar-refractivity contribution is 5.71. The van der Waals surface area contributed by atoms with E-state index in [0.29, 0.717) is 19.3 Å². The number of hydrogen-bond acceptors (Lipinski definition) is 6. The molecule has 6 heteroatoms. The van der Waals surface area contributed by atoms with E-state index in [1.807, 2.05) is 0 Å². The SMILES string of the molecule is CCCCC/C=C\C/C=C\C/C=C\C/C=C\CCCCCC(=O)OC[C@@H](COC(=O)CCCCCCCCCCCCCCCCC)OC(=O)CCCCCC/C=C\C/C=C\C/C=C\CCCCC. The molecule has 0 aromatic heterocycles. The van der Waals surface area contributed by atoms with E-state index in [4.69, 9.17) is 14.2 Å². The van der Waals surface area contributed by atoms with Gasteiger partial charge in [0.25, 0.3) is 0 Å². The topological polar surface area (TPSA) is 78.9 Å². The van der Waals surface area contributed by atoms with Crippen molar-refractivity contribution >= 4 is 17.9 Å². The Balaban J connectivity index is 4.48. The van der Waals surface area contributed by atoms with Crippen molar-refractivity contribution in [3.8, 4) is 0 Å². The molecule has 6 nitrogen and oxygen atoms in total. The highest BCUT2D eigenvalue weighted by atomic mass is 16.6. The lowest BCUT2D eigenvalue weighted by Gasteiger charge is -2.18. The van der Waals surface area contributed by atoms with Crippen LogP contribution in [0.1, 0.15) is 278 Å². The van der Waals surface area contributed by atoms with Crippen LogP contribution in [0.5, 0.6) is 0 Å². The van der Waals surface area contributed by atoms with Gasteiger partial charge in [-0.15, -0.1) is 0 Å². The van der Waals surface area contributed by atoms with Crippen LogP contribution in [-0.2, 0) is 28.6 Å². The second-order valence-electron chi connectivity index (χ2n) is 19.2. The fraction of sp³-hybridized carbons (Fsp3) is 0.730. The van der Waals surface area contributed by atoms with Gasteiger partial charge in [0, 0.05) is 19.3 Å². The number of esters is 3. The zero-order valence-electron chi connectivity index (χ0n) is 45.3. The van der Waals surface area contributed by atoms with Gasteiger partial charge in [-0.25, -0.2) is 0 Å². The summed E-state index contributed by atoms with van der Waals surface area (Å²) in [7, 11) is 0. The summed E-state index contributed by atoms with van der Waals surface area (Å²) >= 11 is 0. The molecule has 0 saturated heterocycles. The summed E-state index contributed by atoms with van der Waals surface area (Å²) < 4.78 is 16.8. The van der Waals surface area contributed by atoms with Crippen molar-refractivity contribution < 1.29 is 28.6 Å². The standard InChI is InChI=1S/C63H108O6/c1-4-7-10-13-16-19-22-25-28-30-31-33-35-38-41-44-47-50-53-56-62(65)68-59-60(58-67-61(64)55-52-49-46-43-40-37-34-27-24-21-18-15-12-9-6-3)69-63(66)57-54-51-48-45-42-39-36-32-29-26-23-20-17-14-11-8-5-2/h16-17,19-20,25-26,28-29,31,33,36,38-39,41,60H,4-15,18,21-24,27,30,32,34-35,37,40,42-59H2,1-3H3/b19-16-,20-17-,28-25-,29-26-,33-31-,39-36-,41-38-/t60-/m1/s1. The monoisotopic (exact) mass is 961 g/mol.